The van der Waals surface area contributed by atoms with Crippen LogP contribution in [0.1, 0.15) is 268 Å². The predicted octanol–water partition coefficient (Wildman–Crippen LogP) is 32.0. The Bertz CT molecular complexity index is 5330. The van der Waals surface area contributed by atoms with Gasteiger partial charge in [-0.3, -0.25) is 4.98 Å². The highest BCUT2D eigenvalue weighted by molar-refractivity contribution is 7.07. The standard InChI is InChI=1S/C24H32N2O3.C23H30N2O3.3C19H24N2O3.C6H12.C5H5N.C4H4S/c1-2-3-14-25-21-15-19(24(27)28)16-22(26-17-18-10-6-4-7-11-18)23(21)29-20-12-8-5-9-13-20;1-2-3-13-24-20-14-18(23(26)27)15-21(25-16-17-9-7-8-10-17)22(20)28-19-11-5-4-6-12-19;3*1-3-5-11-21-17-13-14(19(22)23)12-16(20-4-2)18(17)24-15-9-7-6-8-10-15;2*1-2-4-6-5-3-1;1-2-4-5-3-1/h5,8-9,12-13,15-16,18,25-26H,2-4,6-7,10-11,14,17H2,1H3,(H,27,28);4-6,11-12,14-15,17,24-25H,2-3,7-10,13,16H2,1H3,(H,26,27);3*6-10,12-13,20-21H,3-5,11H2,1-2H3,(H,22,23);1-6H2;1-5H;1-4H. The largest absolute Gasteiger partial charge is 0.478 e. The van der Waals surface area contributed by atoms with Crippen molar-refractivity contribution in [1.29, 1.82) is 0 Å². The molecule has 3 saturated carbocycles. The number of para-hydroxylation sites is 5. The fourth-order valence-electron chi connectivity index (χ4n) is 15.9. The minimum absolute atomic E-state index is 0.227. The summed E-state index contributed by atoms with van der Waals surface area (Å²) < 4.78 is 30.6. The molecule has 0 atom stereocenters. The number of ether oxygens (including phenoxy) is 5. The van der Waals surface area contributed by atoms with Crippen LogP contribution in [0, 0.1) is 11.8 Å². The van der Waals surface area contributed by atoms with Crippen molar-refractivity contribution in [2.45, 2.75) is 216 Å². The van der Waals surface area contributed by atoms with E-state index in [9.17, 15) is 49.5 Å². The SMILES string of the molecule is C1CCCCC1.CCCCNc1cc(C(=O)O)cc(NCC)c1Oc1ccccc1.CCCCNc1cc(C(=O)O)cc(NCC)c1Oc1ccccc1.CCCCNc1cc(C(=O)O)cc(NCC)c1Oc1ccccc1.CCCCNc1cc(C(=O)O)cc(NCC2CCCC2)c1Oc1ccccc1.CCCCNc1cc(C(=O)O)cc(NCC2CCCCC2)c1Oc1ccccc1.c1ccncc1.c1ccsc1. The first-order valence-corrected chi connectivity index (χ1v) is 53.2. The lowest BCUT2D eigenvalue weighted by Gasteiger charge is -2.24. The van der Waals surface area contributed by atoms with E-state index in [1.807, 2.05) is 214 Å². The van der Waals surface area contributed by atoms with E-state index in [1.54, 1.807) is 84.4 Å². The number of anilines is 10. The number of hydrogen-bond donors (Lipinski definition) is 15. The molecule has 26 nitrogen and oxygen atoms in total. The molecule has 782 valence electrons. The summed E-state index contributed by atoms with van der Waals surface area (Å²) in [6, 6.07) is 73.8. The van der Waals surface area contributed by atoms with Crippen LogP contribution in [-0.4, -0.2) is 126 Å². The zero-order valence-corrected chi connectivity index (χ0v) is 87.3. The molecule has 0 saturated heterocycles. The molecule has 10 aromatic carbocycles. The monoisotopic (exact) mass is 2010 g/mol. The third kappa shape index (κ3) is 43.5. The number of pyridine rings is 1. The first-order valence-electron chi connectivity index (χ1n) is 52.2. The Morgan fingerprint density at radius 3 is 0.623 bits per heavy atom. The van der Waals surface area contributed by atoms with Gasteiger partial charge in [-0.05, 0) is 235 Å². The van der Waals surface area contributed by atoms with Gasteiger partial charge in [0.2, 0.25) is 0 Å². The fraction of sp³-hybridized carbons (Fsp3) is 0.378. The topological polar surface area (TPSA) is 366 Å². The average molecular weight is 2010 g/mol. The summed E-state index contributed by atoms with van der Waals surface area (Å²) in [7, 11) is 0. The summed E-state index contributed by atoms with van der Waals surface area (Å²) in [4.78, 5) is 61.4. The normalized spacial score (nSPS) is 12.2. The summed E-state index contributed by atoms with van der Waals surface area (Å²) in [6.07, 6.45) is 34.1. The number of carboxylic acid groups (broad SMARTS) is 5. The Kier molecular flexibility index (Phi) is 55.4. The molecule has 0 spiro atoms. The van der Waals surface area contributed by atoms with E-state index in [-0.39, 0.29) is 27.8 Å². The van der Waals surface area contributed by atoms with Crippen molar-refractivity contribution in [3.05, 3.63) is 294 Å². The summed E-state index contributed by atoms with van der Waals surface area (Å²) in [5.74, 6) is 3.25. The maximum atomic E-state index is 11.7. The van der Waals surface area contributed by atoms with E-state index in [0.29, 0.717) is 123 Å². The molecule has 0 aliphatic heterocycles. The molecule has 0 unspecified atom stereocenters. The van der Waals surface area contributed by atoms with Crippen LogP contribution in [0.3, 0.4) is 0 Å². The molecule has 12 aromatic rings. The van der Waals surface area contributed by atoms with Crippen molar-refractivity contribution in [3.8, 4) is 57.5 Å². The van der Waals surface area contributed by atoms with E-state index >= 15 is 0 Å². The van der Waals surface area contributed by atoms with E-state index < -0.39 is 29.8 Å². The van der Waals surface area contributed by atoms with Gasteiger partial charge in [0.15, 0.2) is 28.7 Å². The molecule has 0 bridgehead atoms. The number of aromatic carboxylic acids is 5. The molecular weight excluding hydrogens is 1860 g/mol. The lowest BCUT2D eigenvalue weighted by Crippen LogP contribution is -2.18. The minimum Gasteiger partial charge on any atom is -0.478 e. The van der Waals surface area contributed by atoms with Gasteiger partial charge in [-0.2, -0.15) is 11.3 Å². The highest BCUT2D eigenvalue weighted by Gasteiger charge is 2.25. The van der Waals surface area contributed by atoms with E-state index in [1.165, 1.54) is 96.3 Å². The predicted molar refractivity (Wildman–Crippen MR) is 601 cm³/mol. The number of carbonyl (C=O) groups is 5. The second-order valence-electron chi connectivity index (χ2n) is 35.5. The number of rotatable bonds is 47. The quantitative estimate of drug-likeness (QED) is 0.0158. The Morgan fingerprint density at radius 2 is 0.452 bits per heavy atom. The number of hydrogen-bond acceptors (Lipinski definition) is 22. The van der Waals surface area contributed by atoms with Crippen LogP contribution in [-0.2, 0) is 0 Å². The first kappa shape index (κ1) is 117. The van der Waals surface area contributed by atoms with Crippen molar-refractivity contribution in [2.24, 2.45) is 11.8 Å². The molecule has 2 heterocycles. The van der Waals surface area contributed by atoms with E-state index in [2.05, 4.69) is 92.8 Å². The molecule has 3 fully saturated rings. The zero-order chi connectivity index (χ0) is 104. The third-order valence-corrected chi connectivity index (χ3v) is 24.3. The van der Waals surface area contributed by atoms with Crippen LogP contribution in [0.4, 0.5) is 56.9 Å². The summed E-state index contributed by atoms with van der Waals surface area (Å²) in [6.45, 7) is 24.0. The molecule has 2 aromatic heterocycles. The molecular formula is C119H155N11O15S. The summed E-state index contributed by atoms with van der Waals surface area (Å²) in [5.41, 5.74) is 8.15. The van der Waals surface area contributed by atoms with Crippen LogP contribution in [0.15, 0.2) is 266 Å². The molecule has 27 heteroatoms. The van der Waals surface area contributed by atoms with Crippen LogP contribution in [0.2, 0.25) is 0 Å². The van der Waals surface area contributed by atoms with Crippen LogP contribution < -0.4 is 76.9 Å². The van der Waals surface area contributed by atoms with Gasteiger partial charge in [0.05, 0.1) is 84.7 Å². The van der Waals surface area contributed by atoms with Gasteiger partial charge in [-0.15, -0.1) is 0 Å². The molecule has 15 N–H and O–H groups in total. The number of benzene rings is 10. The van der Waals surface area contributed by atoms with Gasteiger partial charge in [0.1, 0.15) is 28.7 Å². The van der Waals surface area contributed by atoms with Crippen molar-refractivity contribution in [2.75, 3.05) is 119 Å². The first-order chi connectivity index (χ1) is 71.3. The number of unbranched alkanes of at least 4 members (excludes halogenated alkanes) is 5. The Hall–Kier alpha value is -14.6. The van der Waals surface area contributed by atoms with Crippen molar-refractivity contribution in [3.63, 3.8) is 0 Å². The summed E-state index contributed by atoms with van der Waals surface area (Å²) >= 11 is 1.71. The second kappa shape index (κ2) is 69.4. The molecule has 0 radical (unpaired) electrons. The van der Waals surface area contributed by atoms with Crippen molar-refractivity contribution >= 4 is 98.1 Å². The van der Waals surface area contributed by atoms with Gasteiger partial charge in [0, 0.05) is 77.8 Å². The number of carboxylic acids is 5. The Morgan fingerprint density at radius 1 is 0.260 bits per heavy atom. The Balaban J connectivity index is 0.000000213. The van der Waals surface area contributed by atoms with Gasteiger partial charge >= 0.3 is 29.8 Å². The molecule has 3 aliphatic carbocycles. The van der Waals surface area contributed by atoms with Crippen molar-refractivity contribution in [1.82, 2.24) is 4.98 Å². The third-order valence-electron chi connectivity index (χ3n) is 23.7. The lowest BCUT2D eigenvalue weighted by molar-refractivity contribution is 0.0686. The van der Waals surface area contributed by atoms with Crippen LogP contribution in [0.5, 0.6) is 57.5 Å². The van der Waals surface area contributed by atoms with E-state index in [0.717, 1.165) is 133 Å². The van der Waals surface area contributed by atoms with Gasteiger partial charge in [-0.1, -0.05) is 247 Å². The number of thiophene rings is 1. The molecule has 0 amide bonds. The highest BCUT2D eigenvalue weighted by Crippen LogP contribution is 2.45. The molecule has 146 heavy (non-hydrogen) atoms. The number of aromatic nitrogens is 1. The smallest absolute Gasteiger partial charge is 0.335 e. The lowest BCUT2D eigenvalue weighted by atomic mass is 9.89. The van der Waals surface area contributed by atoms with Gasteiger partial charge in [-0.25, -0.2) is 24.0 Å². The van der Waals surface area contributed by atoms with Crippen molar-refractivity contribution < 1.29 is 73.2 Å². The minimum atomic E-state index is -0.959. The van der Waals surface area contributed by atoms with Gasteiger partial charge in [0.25, 0.3) is 0 Å². The maximum Gasteiger partial charge on any atom is 0.335 e. The second-order valence-corrected chi connectivity index (χ2v) is 36.3. The van der Waals surface area contributed by atoms with Crippen LogP contribution >= 0.6 is 11.3 Å². The maximum absolute atomic E-state index is 11.7. The molecule has 15 rings (SSSR count). The van der Waals surface area contributed by atoms with Gasteiger partial charge < -0.3 is 102 Å². The molecule has 3 aliphatic rings. The van der Waals surface area contributed by atoms with Crippen LogP contribution in [0.25, 0.3) is 0 Å². The van der Waals surface area contributed by atoms with E-state index in [4.69, 9.17) is 23.7 Å². The number of nitrogens with zero attached hydrogens (tertiary/aromatic N) is 1. The number of nitrogens with one attached hydrogen (secondary N) is 10. The average Bonchev–Trinajstić information content (AvgIpc) is 1.17. The zero-order valence-electron chi connectivity index (χ0n) is 86.5. The highest BCUT2D eigenvalue weighted by atomic mass is 32.1. The Labute approximate surface area is 868 Å². The summed E-state index contributed by atoms with van der Waals surface area (Å²) in [5, 5.41) is 84.5. The fourth-order valence-corrected chi connectivity index (χ4v) is 16.4.